The van der Waals surface area contributed by atoms with Crippen LogP contribution >= 0.6 is 0 Å². The van der Waals surface area contributed by atoms with Crippen molar-refractivity contribution in [2.75, 3.05) is 31.8 Å². The number of nitrogens with zero attached hydrogens (tertiary/aromatic N) is 2. The lowest BCUT2D eigenvalue weighted by Crippen LogP contribution is -2.41. The van der Waals surface area contributed by atoms with Crippen LogP contribution in [0.4, 0.5) is 5.69 Å². The molecule has 1 saturated heterocycles. The predicted molar refractivity (Wildman–Crippen MR) is 125 cm³/mol. The van der Waals surface area contributed by atoms with E-state index in [1.54, 1.807) is 13.3 Å². The molecule has 0 N–H and O–H groups in total. The highest BCUT2D eigenvalue weighted by molar-refractivity contribution is 5.98. The van der Waals surface area contributed by atoms with E-state index in [0.29, 0.717) is 19.6 Å². The summed E-state index contributed by atoms with van der Waals surface area (Å²) in [6.45, 7) is 2.74. The molecule has 5 nitrogen and oxygen atoms in total. The number of methoxy groups -OCH3 is 1. The van der Waals surface area contributed by atoms with Gasteiger partial charge in [0.2, 0.25) is 5.91 Å². The van der Waals surface area contributed by atoms with E-state index < -0.39 is 0 Å². The molecule has 3 heterocycles. The number of carbonyl (C=O) groups excluding carboxylic acids is 1. The molecule has 1 fully saturated rings. The quantitative estimate of drug-likeness (QED) is 0.599. The molecule has 1 amide bonds. The predicted octanol–water partition coefficient (Wildman–Crippen LogP) is 4.53. The smallest absolute Gasteiger partial charge is 0.233 e. The second kappa shape index (κ2) is 8.85. The number of hydrogen-bond acceptors (Lipinski definition) is 4. The van der Waals surface area contributed by atoms with E-state index >= 15 is 0 Å². The Hall–Kier alpha value is -3.02. The van der Waals surface area contributed by atoms with Crippen molar-refractivity contribution >= 4 is 11.6 Å². The molecule has 0 bridgehead atoms. The Kier molecular flexibility index (Phi) is 5.77. The normalized spacial score (nSPS) is 16.8. The summed E-state index contributed by atoms with van der Waals surface area (Å²) in [5.41, 5.74) is 6.55. The van der Waals surface area contributed by atoms with Gasteiger partial charge in [0, 0.05) is 49.9 Å². The maximum atomic E-state index is 13.3. The summed E-state index contributed by atoms with van der Waals surface area (Å²) >= 11 is 0. The van der Waals surface area contributed by atoms with Crippen molar-refractivity contribution < 1.29 is 14.3 Å². The molecule has 0 radical (unpaired) electrons. The van der Waals surface area contributed by atoms with Gasteiger partial charge in [-0.1, -0.05) is 36.4 Å². The number of pyridine rings is 1. The van der Waals surface area contributed by atoms with E-state index in [1.165, 1.54) is 16.7 Å². The van der Waals surface area contributed by atoms with E-state index in [9.17, 15) is 4.79 Å². The topological polar surface area (TPSA) is 51.7 Å². The number of hydrogen-bond donors (Lipinski definition) is 0. The maximum Gasteiger partial charge on any atom is 0.233 e. The third kappa shape index (κ3) is 3.83. The molecule has 1 spiro atoms. The number of amides is 1. The van der Waals surface area contributed by atoms with E-state index in [4.69, 9.17) is 9.47 Å². The lowest BCUT2D eigenvalue weighted by Gasteiger charge is -2.34. The lowest BCUT2D eigenvalue weighted by molar-refractivity contribution is -0.118. The van der Waals surface area contributed by atoms with Gasteiger partial charge >= 0.3 is 0 Å². The fraction of sp³-hybridized carbons (Fsp3) is 0.333. The zero-order valence-electron chi connectivity index (χ0n) is 18.4. The van der Waals surface area contributed by atoms with Gasteiger partial charge in [-0.15, -0.1) is 0 Å². The van der Waals surface area contributed by atoms with Gasteiger partial charge < -0.3 is 14.4 Å². The Labute approximate surface area is 189 Å². The zero-order valence-corrected chi connectivity index (χ0v) is 18.4. The van der Waals surface area contributed by atoms with Gasteiger partial charge in [-0.25, -0.2) is 0 Å². The molecule has 2 aliphatic heterocycles. The SMILES string of the molecule is COCc1ccccc1-c1ccc2c(c1)C1(CCOCC1)CN2C(=O)Cc1ccccn1. The fourth-order valence-corrected chi connectivity index (χ4v) is 5.09. The van der Waals surface area contributed by atoms with Crippen molar-refractivity contribution in [1.82, 2.24) is 4.98 Å². The largest absolute Gasteiger partial charge is 0.381 e. The molecule has 0 saturated carbocycles. The van der Waals surface area contributed by atoms with Gasteiger partial charge in [0.05, 0.1) is 13.0 Å². The number of rotatable bonds is 5. The number of anilines is 1. The average molecular weight is 429 g/mol. The number of ether oxygens (including phenoxy) is 2. The van der Waals surface area contributed by atoms with Gasteiger partial charge in [-0.3, -0.25) is 9.78 Å². The Morgan fingerprint density at radius 2 is 1.91 bits per heavy atom. The molecular weight excluding hydrogens is 400 g/mol. The molecule has 2 aliphatic rings. The van der Waals surface area contributed by atoms with Crippen LogP contribution < -0.4 is 4.90 Å². The van der Waals surface area contributed by atoms with Crippen molar-refractivity contribution in [2.24, 2.45) is 0 Å². The van der Waals surface area contributed by atoms with Gasteiger partial charge in [-0.05, 0) is 59.4 Å². The van der Waals surface area contributed by atoms with Crippen molar-refractivity contribution in [3.8, 4) is 11.1 Å². The second-order valence-electron chi connectivity index (χ2n) is 8.69. The van der Waals surface area contributed by atoms with Gasteiger partial charge in [0.1, 0.15) is 0 Å². The first-order valence-corrected chi connectivity index (χ1v) is 11.2. The Balaban J connectivity index is 1.54. The first kappa shape index (κ1) is 20.9. The van der Waals surface area contributed by atoms with Gasteiger partial charge in [0.25, 0.3) is 0 Å². The molecule has 0 unspecified atom stereocenters. The second-order valence-corrected chi connectivity index (χ2v) is 8.69. The minimum atomic E-state index is -0.0560. The molecule has 5 rings (SSSR count). The molecule has 0 atom stereocenters. The highest BCUT2D eigenvalue weighted by Crippen LogP contribution is 2.48. The summed E-state index contributed by atoms with van der Waals surface area (Å²) in [7, 11) is 1.72. The molecule has 1 aromatic heterocycles. The summed E-state index contributed by atoms with van der Waals surface area (Å²) in [5.74, 6) is 0.0980. The van der Waals surface area contributed by atoms with Crippen LogP contribution in [0, 0.1) is 0 Å². The van der Waals surface area contributed by atoms with E-state index in [2.05, 4.69) is 41.4 Å². The minimum Gasteiger partial charge on any atom is -0.381 e. The van der Waals surface area contributed by atoms with E-state index in [0.717, 1.165) is 43.0 Å². The highest BCUT2D eigenvalue weighted by Gasteiger charge is 2.45. The Morgan fingerprint density at radius 3 is 2.69 bits per heavy atom. The summed E-state index contributed by atoms with van der Waals surface area (Å²) in [6, 6.07) is 20.6. The first-order valence-electron chi connectivity index (χ1n) is 11.2. The number of carbonyl (C=O) groups is 1. The summed E-state index contributed by atoms with van der Waals surface area (Å²) < 4.78 is 11.1. The van der Waals surface area contributed by atoms with Crippen LogP contribution in [0.2, 0.25) is 0 Å². The number of aromatic nitrogens is 1. The minimum absolute atomic E-state index is 0.0560. The summed E-state index contributed by atoms with van der Waals surface area (Å²) in [4.78, 5) is 19.7. The van der Waals surface area contributed by atoms with Crippen LogP contribution in [-0.2, 0) is 32.7 Å². The summed E-state index contributed by atoms with van der Waals surface area (Å²) in [5, 5.41) is 0. The third-order valence-electron chi connectivity index (χ3n) is 6.76. The van der Waals surface area contributed by atoms with Gasteiger partial charge in [-0.2, -0.15) is 0 Å². The molecule has 5 heteroatoms. The van der Waals surface area contributed by atoms with Crippen LogP contribution in [0.5, 0.6) is 0 Å². The molecule has 164 valence electrons. The molecule has 0 aliphatic carbocycles. The maximum absolute atomic E-state index is 13.3. The summed E-state index contributed by atoms with van der Waals surface area (Å²) in [6.07, 6.45) is 3.91. The monoisotopic (exact) mass is 428 g/mol. The van der Waals surface area contributed by atoms with E-state index in [1.807, 2.05) is 29.2 Å². The molecule has 2 aromatic carbocycles. The first-order chi connectivity index (χ1) is 15.7. The third-order valence-corrected chi connectivity index (χ3v) is 6.76. The van der Waals surface area contributed by atoms with Crippen LogP contribution in [-0.4, -0.2) is 37.8 Å². The van der Waals surface area contributed by atoms with Crippen molar-refractivity contribution in [3.05, 3.63) is 83.7 Å². The molecule has 32 heavy (non-hydrogen) atoms. The van der Waals surface area contributed by atoms with Crippen molar-refractivity contribution in [3.63, 3.8) is 0 Å². The Bertz CT molecular complexity index is 1110. The van der Waals surface area contributed by atoms with Crippen LogP contribution in [0.3, 0.4) is 0 Å². The Morgan fingerprint density at radius 1 is 1.09 bits per heavy atom. The molecule has 3 aromatic rings. The van der Waals surface area contributed by atoms with Crippen molar-refractivity contribution in [2.45, 2.75) is 31.3 Å². The number of fused-ring (bicyclic) bond motifs is 2. The van der Waals surface area contributed by atoms with Crippen LogP contribution in [0.1, 0.15) is 29.7 Å². The van der Waals surface area contributed by atoms with Crippen molar-refractivity contribution in [1.29, 1.82) is 0 Å². The fourth-order valence-electron chi connectivity index (χ4n) is 5.09. The molecular formula is C27H28N2O3. The number of benzene rings is 2. The zero-order chi connectivity index (χ0) is 22.0. The van der Waals surface area contributed by atoms with E-state index in [-0.39, 0.29) is 11.3 Å². The average Bonchev–Trinajstić information content (AvgIpc) is 3.14. The highest BCUT2D eigenvalue weighted by atomic mass is 16.5. The van der Waals surface area contributed by atoms with Crippen LogP contribution in [0.15, 0.2) is 66.9 Å². The van der Waals surface area contributed by atoms with Crippen LogP contribution in [0.25, 0.3) is 11.1 Å². The van der Waals surface area contributed by atoms with Gasteiger partial charge in [0.15, 0.2) is 0 Å². The standard InChI is InChI=1S/C27H28N2O3/c1-31-18-21-6-2-3-8-23(21)20-9-10-25-24(16-20)27(11-14-32-15-12-27)19-29(25)26(30)17-22-7-4-5-13-28-22/h2-10,13,16H,11-12,14-15,17-19H2,1H3. The lowest BCUT2D eigenvalue weighted by atomic mass is 9.75.